The number of benzene rings is 3. The Bertz CT molecular complexity index is 535. The fourth-order valence-electron chi connectivity index (χ4n) is 2.18. The van der Waals surface area contributed by atoms with E-state index in [4.69, 9.17) is 0 Å². The summed E-state index contributed by atoms with van der Waals surface area (Å²) in [5, 5.41) is 0. The zero-order valence-corrected chi connectivity index (χ0v) is 12.0. The minimum absolute atomic E-state index is 0.500. The van der Waals surface area contributed by atoms with Crippen LogP contribution in [0.1, 0.15) is 0 Å². The van der Waals surface area contributed by atoms with Gasteiger partial charge in [-0.1, -0.05) is 54.6 Å². The molecule has 0 aliphatic carbocycles. The second-order valence-corrected chi connectivity index (χ2v) is 4.34. The van der Waals surface area contributed by atoms with Crippen molar-refractivity contribution in [2.24, 2.45) is 0 Å². The zero-order chi connectivity index (χ0) is 14.9. The van der Waals surface area contributed by atoms with Crippen LogP contribution in [-0.2, 0) is 0 Å². The van der Waals surface area contributed by atoms with Crippen LogP contribution in [0.15, 0.2) is 91.0 Å². The molecule has 0 amide bonds. The smallest absolute Gasteiger partial charge is 0.314 e. The fraction of sp³-hybridized carbons (Fsp3) is 0. The molecule has 0 N–H and O–H groups in total. The lowest BCUT2D eigenvalue weighted by Gasteiger charge is -2.25. The molecule has 3 heteroatoms. The molecule has 0 saturated carbocycles. The van der Waals surface area contributed by atoms with Gasteiger partial charge < -0.3 is 9.22 Å². The number of para-hydroxylation sites is 3. The SMILES string of the molecule is BF.c1ccc(N(c2ccccc2)c2ccccc2)cc1. The molecule has 104 valence electrons. The van der Waals surface area contributed by atoms with Crippen LogP contribution in [0.5, 0.6) is 0 Å². The van der Waals surface area contributed by atoms with Gasteiger partial charge in [0.2, 0.25) is 0 Å². The van der Waals surface area contributed by atoms with Gasteiger partial charge in [-0.05, 0) is 36.4 Å². The first kappa shape index (κ1) is 14.9. The Hall–Kier alpha value is -2.55. The summed E-state index contributed by atoms with van der Waals surface area (Å²) >= 11 is 0. The third kappa shape index (κ3) is 3.73. The van der Waals surface area contributed by atoms with Crippen molar-refractivity contribution in [2.75, 3.05) is 4.90 Å². The topological polar surface area (TPSA) is 3.24 Å². The molecule has 3 aromatic carbocycles. The molecule has 0 atom stereocenters. The van der Waals surface area contributed by atoms with Gasteiger partial charge in [-0.25, -0.2) is 0 Å². The van der Waals surface area contributed by atoms with Gasteiger partial charge in [0, 0.05) is 17.1 Å². The summed E-state index contributed by atoms with van der Waals surface area (Å²) in [6.45, 7) is 0. The van der Waals surface area contributed by atoms with Crippen molar-refractivity contribution in [1.29, 1.82) is 0 Å². The normalized spacial score (nSPS) is 9.38. The number of halogens is 1. The van der Waals surface area contributed by atoms with E-state index in [9.17, 15) is 4.32 Å². The van der Waals surface area contributed by atoms with Gasteiger partial charge in [-0.3, -0.25) is 0 Å². The monoisotopic (exact) mass is 277 g/mol. The van der Waals surface area contributed by atoms with Crippen LogP contribution in [0.3, 0.4) is 0 Å². The molecule has 0 fully saturated rings. The van der Waals surface area contributed by atoms with Crippen LogP contribution in [0, 0.1) is 0 Å². The highest BCUT2D eigenvalue weighted by molar-refractivity contribution is 5.96. The maximum atomic E-state index is 9.50. The first-order chi connectivity index (χ1) is 10.4. The van der Waals surface area contributed by atoms with Crippen molar-refractivity contribution in [3.8, 4) is 0 Å². The highest BCUT2D eigenvalue weighted by atomic mass is 19.1. The van der Waals surface area contributed by atoms with E-state index in [0.29, 0.717) is 8.12 Å². The summed E-state index contributed by atoms with van der Waals surface area (Å²) in [4.78, 5) is 2.25. The Morgan fingerprint density at radius 1 is 0.476 bits per heavy atom. The van der Waals surface area contributed by atoms with Gasteiger partial charge in [0.1, 0.15) is 0 Å². The van der Waals surface area contributed by atoms with Gasteiger partial charge in [-0.2, -0.15) is 0 Å². The van der Waals surface area contributed by atoms with E-state index in [1.54, 1.807) is 0 Å². The Balaban J connectivity index is 0.000000774. The maximum absolute atomic E-state index is 9.50. The third-order valence-corrected chi connectivity index (χ3v) is 3.04. The van der Waals surface area contributed by atoms with Crippen molar-refractivity contribution in [3.05, 3.63) is 91.0 Å². The molecular weight excluding hydrogens is 260 g/mol. The molecule has 0 aliphatic heterocycles. The van der Waals surface area contributed by atoms with Crippen LogP contribution in [0.25, 0.3) is 0 Å². The molecule has 0 heterocycles. The summed E-state index contributed by atoms with van der Waals surface area (Å²) in [5.74, 6) is 0. The van der Waals surface area contributed by atoms with Crippen LogP contribution >= 0.6 is 0 Å². The predicted octanol–water partition coefficient (Wildman–Crippen LogP) is 4.66. The van der Waals surface area contributed by atoms with Crippen molar-refractivity contribution >= 4 is 25.2 Å². The highest BCUT2D eigenvalue weighted by Gasteiger charge is 2.10. The maximum Gasteiger partial charge on any atom is 0.314 e. The molecule has 0 unspecified atom stereocenters. The fourth-order valence-corrected chi connectivity index (χ4v) is 2.18. The van der Waals surface area contributed by atoms with E-state index in [2.05, 4.69) is 77.7 Å². The Morgan fingerprint density at radius 3 is 0.952 bits per heavy atom. The van der Waals surface area contributed by atoms with Crippen molar-refractivity contribution in [2.45, 2.75) is 0 Å². The first-order valence-corrected chi connectivity index (χ1v) is 6.78. The average Bonchev–Trinajstić information content (AvgIpc) is 2.60. The zero-order valence-electron chi connectivity index (χ0n) is 12.0. The summed E-state index contributed by atoms with van der Waals surface area (Å²) in [6.07, 6.45) is 0. The minimum Gasteiger partial charge on any atom is -0.347 e. The van der Waals surface area contributed by atoms with Crippen molar-refractivity contribution in [3.63, 3.8) is 0 Å². The van der Waals surface area contributed by atoms with Gasteiger partial charge in [0.15, 0.2) is 0 Å². The van der Waals surface area contributed by atoms with E-state index >= 15 is 0 Å². The number of hydrogen-bond donors (Lipinski definition) is 0. The van der Waals surface area contributed by atoms with E-state index in [1.165, 1.54) is 17.1 Å². The molecule has 0 radical (unpaired) electrons. The largest absolute Gasteiger partial charge is 0.347 e. The van der Waals surface area contributed by atoms with E-state index in [0.717, 1.165) is 0 Å². The molecule has 0 spiro atoms. The number of rotatable bonds is 3. The lowest BCUT2D eigenvalue weighted by Crippen LogP contribution is -2.09. The van der Waals surface area contributed by atoms with Crippen LogP contribution in [-0.4, -0.2) is 8.12 Å². The van der Waals surface area contributed by atoms with E-state index in [1.807, 2.05) is 18.2 Å². The lowest BCUT2D eigenvalue weighted by atomic mass is 10.2. The molecule has 1 nitrogen and oxygen atoms in total. The quantitative estimate of drug-likeness (QED) is 0.629. The average molecular weight is 277 g/mol. The molecule has 0 aliphatic rings. The predicted molar refractivity (Wildman–Crippen MR) is 90.8 cm³/mol. The van der Waals surface area contributed by atoms with Crippen molar-refractivity contribution < 1.29 is 4.32 Å². The summed E-state index contributed by atoms with van der Waals surface area (Å²) in [6, 6.07) is 31.3. The molecule has 0 saturated heterocycles. The number of nitrogens with zero attached hydrogens (tertiary/aromatic N) is 1. The van der Waals surface area contributed by atoms with Crippen LogP contribution < -0.4 is 4.90 Å². The summed E-state index contributed by atoms with van der Waals surface area (Å²) in [7, 11) is 0.500. The molecule has 21 heavy (non-hydrogen) atoms. The molecule has 3 rings (SSSR count). The van der Waals surface area contributed by atoms with Crippen molar-refractivity contribution in [1.82, 2.24) is 0 Å². The Morgan fingerprint density at radius 2 is 0.714 bits per heavy atom. The van der Waals surface area contributed by atoms with Gasteiger partial charge in [0.25, 0.3) is 0 Å². The third-order valence-electron chi connectivity index (χ3n) is 3.04. The number of hydrogen-bond acceptors (Lipinski definition) is 1. The van der Waals surface area contributed by atoms with Gasteiger partial charge in [0.05, 0.1) is 0 Å². The second kappa shape index (κ2) is 7.90. The second-order valence-electron chi connectivity index (χ2n) is 4.34. The Kier molecular flexibility index (Phi) is 5.59. The van der Waals surface area contributed by atoms with Crippen LogP contribution in [0.2, 0.25) is 0 Å². The number of anilines is 3. The van der Waals surface area contributed by atoms with E-state index in [-0.39, 0.29) is 0 Å². The first-order valence-electron chi connectivity index (χ1n) is 6.78. The molecule has 0 bridgehead atoms. The standard InChI is InChI=1S/C18H15N.BFH2/c1-4-10-16(11-5-1)19(17-12-6-2-7-13-17)18-14-8-3-9-15-18;1-2/h1-15H;1H2. The van der Waals surface area contributed by atoms with Gasteiger partial charge >= 0.3 is 8.12 Å². The summed E-state index contributed by atoms with van der Waals surface area (Å²) < 4.78 is 9.50. The minimum atomic E-state index is 0.500. The lowest BCUT2D eigenvalue weighted by molar-refractivity contribution is 0.902. The Labute approximate surface area is 126 Å². The van der Waals surface area contributed by atoms with E-state index < -0.39 is 0 Å². The highest BCUT2D eigenvalue weighted by Crippen LogP contribution is 2.33. The van der Waals surface area contributed by atoms with Crippen LogP contribution in [0.4, 0.5) is 21.4 Å². The van der Waals surface area contributed by atoms with Gasteiger partial charge in [-0.15, -0.1) is 0 Å². The molecule has 3 aromatic rings. The molecular formula is C18H17BFN. The summed E-state index contributed by atoms with van der Waals surface area (Å²) in [5.41, 5.74) is 3.50. The molecule has 0 aromatic heterocycles.